The Kier molecular flexibility index (Phi) is 5.81. The summed E-state index contributed by atoms with van der Waals surface area (Å²) in [5, 5.41) is 1.86. The first-order chi connectivity index (χ1) is 14.0. The third kappa shape index (κ3) is 4.76. The number of hydrogen-bond acceptors (Lipinski definition) is 2. The Morgan fingerprint density at radius 3 is 2.24 bits per heavy atom. The lowest BCUT2D eigenvalue weighted by atomic mass is 10.1. The molecule has 6 heteroatoms. The van der Waals surface area contributed by atoms with E-state index in [-0.39, 0.29) is 0 Å². The number of nitrogens with zero attached hydrogens (tertiary/aromatic N) is 1. The molecule has 0 saturated heterocycles. The molecule has 0 aliphatic carbocycles. The molecular formula is C23H17Cl3N2O. The Hall–Kier alpha value is -2.46. The quantitative estimate of drug-likeness (QED) is 0.345. The molecule has 0 fully saturated rings. The highest BCUT2D eigenvalue weighted by Gasteiger charge is 2.10. The van der Waals surface area contributed by atoms with E-state index in [0.29, 0.717) is 27.5 Å². The van der Waals surface area contributed by atoms with Crippen LogP contribution in [0.25, 0.3) is 22.6 Å². The van der Waals surface area contributed by atoms with Gasteiger partial charge in [0.1, 0.15) is 18.2 Å². The average molecular weight is 444 g/mol. The van der Waals surface area contributed by atoms with E-state index in [2.05, 4.69) is 16.0 Å². The molecule has 0 saturated carbocycles. The van der Waals surface area contributed by atoms with Crippen LogP contribution in [-0.4, -0.2) is 9.97 Å². The normalized spacial score (nSPS) is 10.9. The zero-order chi connectivity index (χ0) is 20.4. The molecule has 4 rings (SSSR count). The van der Waals surface area contributed by atoms with Gasteiger partial charge in [0.2, 0.25) is 0 Å². The standard InChI is InChI=1S/C23H17Cl3N2O/c1-14-8-16(4-7-22(14)29-13-15-2-5-18(24)6-3-15)21-12-27-23(28-21)17-9-19(25)11-20(26)10-17/h2-12H,13H2,1H3,(H,27,28). The predicted molar refractivity (Wildman–Crippen MR) is 120 cm³/mol. The maximum Gasteiger partial charge on any atom is 0.138 e. The van der Waals surface area contributed by atoms with Crippen molar-refractivity contribution in [1.82, 2.24) is 9.97 Å². The van der Waals surface area contributed by atoms with Gasteiger partial charge in [-0.2, -0.15) is 0 Å². The molecule has 0 radical (unpaired) electrons. The number of H-pyrrole nitrogens is 1. The van der Waals surface area contributed by atoms with E-state index in [9.17, 15) is 0 Å². The number of hydrogen-bond donors (Lipinski definition) is 1. The van der Waals surface area contributed by atoms with Crippen LogP contribution in [-0.2, 0) is 6.61 Å². The summed E-state index contributed by atoms with van der Waals surface area (Å²) in [5.74, 6) is 1.55. The largest absolute Gasteiger partial charge is 0.489 e. The first kappa shape index (κ1) is 19.8. The van der Waals surface area contributed by atoms with Crippen LogP contribution in [0, 0.1) is 6.92 Å². The third-order valence-electron chi connectivity index (χ3n) is 4.49. The summed E-state index contributed by atoms with van der Waals surface area (Å²) < 4.78 is 5.95. The van der Waals surface area contributed by atoms with E-state index in [1.54, 1.807) is 6.07 Å². The molecule has 3 nitrogen and oxygen atoms in total. The second-order valence-corrected chi connectivity index (χ2v) is 8.00. The van der Waals surface area contributed by atoms with E-state index in [0.717, 1.165) is 33.7 Å². The molecule has 3 aromatic carbocycles. The van der Waals surface area contributed by atoms with Crippen LogP contribution in [0.1, 0.15) is 11.1 Å². The van der Waals surface area contributed by atoms with Gasteiger partial charge in [-0.15, -0.1) is 0 Å². The molecular weight excluding hydrogens is 427 g/mol. The number of rotatable bonds is 5. The number of aromatic amines is 1. The highest BCUT2D eigenvalue weighted by molar-refractivity contribution is 6.35. The Morgan fingerprint density at radius 2 is 1.55 bits per heavy atom. The van der Waals surface area contributed by atoms with Crippen molar-refractivity contribution in [2.24, 2.45) is 0 Å². The van der Waals surface area contributed by atoms with Gasteiger partial charge < -0.3 is 9.72 Å². The van der Waals surface area contributed by atoms with E-state index < -0.39 is 0 Å². The zero-order valence-corrected chi connectivity index (χ0v) is 17.8. The van der Waals surface area contributed by atoms with Crippen molar-refractivity contribution in [3.8, 4) is 28.4 Å². The highest BCUT2D eigenvalue weighted by atomic mass is 35.5. The fourth-order valence-corrected chi connectivity index (χ4v) is 3.67. The van der Waals surface area contributed by atoms with Crippen LogP contribution >= 0.6 is 34.8 Å². The monoisotopic (exact) mass is 442 g/mol. The van der Waals surface area contributed by atoms with Crippen LogP contribution in [0.4, 0.5) is 0 Å². The summed E-state index contributed by atoms with van der Waals surface area (Å²) in [7, 11) is 0. The number of aromatic nitrogens is 2. The first-order valence-electron chi connectivity index (χ1n) is 8.98. The Balaban J connectivity index is 1.52. The van der Waals surface area contributed by atoms with Crippen molar-refractivity contribution in [2.75, 3.05) is 0 Å². The van der Waals surface area contributed by atoms with E-state index in [1.807, 2.05) is 61.7 Å². The minimum absolute atomic E-state index is 0.486. The summed E-state index contributed by atoms with van der Waals surface area (Å²) in [4.78, 5) is 7.87. The number of imidazole rings is 1. The lowest BCUT2D eigenvalue weighted by Gasteiger charge is -2.10. The summed E-state index contributed by atoms with van der Waals surface area (Å²) in [6, 6.07) is 19.0. The van der Waals surface area contributed by atoms with Crippen molar-refractivity contribution in [3.63, 3.8) is 0 Å². The number of halogens is 3. The second-order valence-electron chi connectivity index (χ2n) is 6.69. The molecule has 0 bridgehead atoms. The van der Waals surface area contributed by atoms with Gasteiger partial charge in [0.25, 0.3) is 0 Å². The van der Waals surface area contributed by atoms with Crippen molar-refractivity contribution in [2.45, 2.75) is 13.5 Å². The summed E-state index contributed by atoms with van der Waals surface area (Å²) in [6.07, 6.45) is 1.87. The maximum atomic E-state index is 6.10. The molecule has 0 amide bonds. The number of benzene rings is 3. The Bertz CT molecular complexity index is 1130. The maximum absolute atomic E-state index is 6.10. The van der Waals surface area contributed by atoms with Gasteiger partial charge in [0.05, 0.1) is 5.69 Å². The van der Waals surface area contributed by atoms with E-state index in [4.69, 9.17) is 39.5 Å². The van der Waals surface area contributed by atoms with E-state index in [1.165, 1.54) is 0 Å². The van der Waals surface area contributed by atoms with Crippen LogP contribution in [0.3, 0.4) is 0 Å². The Morgan fingerprint density at radius 1 is 0.828 bits per heavy atom. The van der Waals surface area contributed by atoms with Crippen molar-refractivity contribution < 1.29 is 4.74 Å². The van der Waals surface area contributed by atoms with Gasteiger partial charge in [-0.1, -0.05) is 46.9 Å². The smallest absolute Gasteiger partial charge is 0.138 e. The summed E-state index contributed by atoms with van der Waals surface area (Å²) in [6.45, 7) is 2.50. The fourth-order valence-electron chi connectivity index (χ4n) is 3.02. The minimum atomic E-state index is 0.486. The molecule has 146 valence electrons. The molecule has 29 heavy (non-hydrogen) atoms. The van der Waals surface area contributed by atoms with Crippen molar-refractivity contribution >= 4 is 34.8 Å². The molecule has 0 aliphatic heterocycles. The van der Waals surface area contributed by atoms with Crippen LogP contribution in [0.15, 0.2) is 66.9 Å². The molecule has 0 unspecified atom stereocenters. The topological polar surface area (TPSA) is 37.9 Å². The van der Waals surface area contributed by atoms with Crippen molar-refractivity contribution in [1.29, 1.82) is 0 Å². The van der Waals surface area contributed by atoms with Crippen LogP contribution < -0.4 is 4.74 Å². The van der Waals surface area contributed by atoms with Gasteiger partial charge in [-0.3, -0.25) is 0 Å². The van der Waals surface area contributed by atoms with Gasteiger partial charge in [0, 0.05) is 32.4 Å². The third-order valence-corrected chi connectivity index (χ3v) is 5.18. The minimum Gasteiger partial charge on any atom is -0.489 e. The molecule has 0 atom stereocenters. The highest BCUT2D eigenvalue weighted by Crippen LogP contribution is 2.29. The van der Waals surface area contributed by atoms with E-state index >= 15 is 0 Å². The summed E-state index contributed by atoms with van der Waals surface area (Å²) in [5.41, 5.74) is 4.77. The molecule has 1 N–H and O–H groups in total. The van der Waals surface area contributed by atoms with Crippen LogP contribution in [0.5, 0.6) is 5.75 Å². The van der Waals surface area contributed by atoms with Crippen LogP contribution in [0.2, 0.25) is 15.1 Å². The lowest BCUT2D eigenvalue weighted by molar-refractivity contribution is 0.304. The van der Waals surface area contributed by atoms with Gasteiger partial charge >= 0.3 is 0 Å². The molecule has 1 heterocycles. The molecule has 1 aromatic heterocycles. The number of aryl methyl sites for hydroxylation is 1. The molecule has 0 spiro atoms. The first-order valence-corrected chi connectivity index (χ1v) is 10.1. The lowest BCUT2D eigenvalue weighted by Crippen LogP contribution is -1.97. The Labute approximate surface area is 184 Å². The predicted octanol–water partition coefficient (Wildman–Crippen LogP) is 7.59. The second kappa shape index (κ2) is 8.50. The molecule has 0 aliphatic rings. The number of ether oxygens (including phenoxy) is 1. The fraction of sp³-hybridized carbons (Fsp3) is 0.0870. The SMILES string of the molecule is Cc1cc(-c2c[nH]c(-c3cc(Cl)cc(Cl)c3)n2)ccc1OCc1ccc(Cl)cc1. The average Bonchev–Trinajstić information content (AvgIpc) is 3.18. The van der Waals surface area contributed by atoms with Gasteiger partial charge in [-0.05, 0) is 66.6 Å². The zero-order valence-electron chi connectivity index (χ0n) is 15.5. The van der Waals surface area contributed by atoms with Crippen molar-refractivity contribution in [3.05, 3.63) is 93.1 Å². The number of nitrogens with one attached hydrogen (secondary N) is 1. The van der Waals surface area contributed by atoms with Gasteiger partial charge in [-0.25, -0.2) is 4.98 Å². The van der Waals surface area contributed by atoms with Gasteiger partial charge in [0.15, 0.2) is 0 Å². The molecule has 4 aromatic rings. The summed E-state index contributed by atoms with van der Waals surface area (Å²) >= 11 is 18.1.